The van der Waals surface area contributed by atoms with Gasteiger partial charge in [-0.3, -0.25) is 0 Å². The lowest BCUT2D eigenvalue weighted by Crippen LogP contribution is -2.30. The average molecular weight is 255 g/mol. The smallest absolute Gasteiger partial charge is 0.0451 e. The van der Waals surface area contributed by atoms with Crippen LogP contribution in [0.1, 0.15) is 19.4 Å². The van der Waals surface area contributed by atoms with E-state index in [-0.39, 0.29) is 0 Å². The molecule has 1 aromatic rings. The molecule has 3 heteroatoms. The monoisotopic (exact) mass is 254 g/mol. The first kappa shape index (κ1) is 14.5. The Hall–Kier alpha value is -0.570. The highest BCUT2D eigenvalue weighted by atomic mass is 35.5. The van der Waals surface area contributed by atoms with Crippen molar-refractivity contribution in [2.24, 2.45) is 5.92 Å². The first-order valence-electron chi connectivity index (χ1n) is 6.22. The average Bonchev–Trinajstić information content (AvgIpc) is 2.27. The van der Waals surface area contributed by atoms with Crippen LogP contribution in [0.4, 0.5) is 0 Å². The van der Waals surface area contributed by atoms with E-state index < -0.39 is 0 Å². The van der Waals surface area contributed by atoms with Gasteiger partial charge in [0.05, 0.1) is 0 Å². The third-order valence-electron chi connectivity index (χ3n) is 2.62. The predicted molar refractivity (Wildman–Crippen MR) is 75.5 cm³/mol. The van der Waals surface area contributed by atoms with Gasteiger partial charge in [-0.15, -0.1) is 0 Å². The number of nitrogens with zero attached hydrogens (tertiary/aromatic N) is 1. The minimum absolute atomic E-state index is 0.712. The molecule has 0 aromatic heterocycles. The summed E-state index contributed by atoms with van der Waals surface area (Å²) in [5, 5.41) is 4.30. The van der Waals surface area contributed by atoms with Gasteiger partial charge in [-0.25, -0.2) is 0 Å². The molecule has 0 amide bonds. The van der Waals surface area contributed by atoms with Crippen molar-refractivity contribution in [3.63, 3.8) is 0 Å². The van der Waals surface area contributed by atoms with Gasteiger partial charge in [0.1, 0.15) is 0 Å². The van der Waals surface area contributed by atoms with E-state index in [9.17, 15) is 0 Å². The molecule has 0 aliphatic heterocycles. The van der Waals surface area contributed by atoms with Gasteiger partial charge in [0.2, 0.25) is 0 Å². The molecule has 0 radical (unpaired) electrons. The topological polar surface area (TPSA) is 15.3 Å². The van der Waals surface area contributed by atoms with Crippen LogP contribution in [-0.4, -0.2) is 31.6 Å². The van der Waals surface area contributed by atoms with E-state index in [1.165, 1.54) is 5.56 Å². The van der Waals surface area contributed by atoms with Crippen LogP contribution in [0.25, 0.3) is 0 Å². The van der Waals surface area contributed by atoms with Crippen LogP contribution < -0.4 is 5.32 Å². The van der Waals surface area contributed by atoms with Crippen molar-refractivity contribution < 1.29 is 0 Å². The van der Waals surface area contributed by atoms with Gasteiger partial charge >= 0.3 is 0 Å². The summed E-state index contributed by atoms with van der Waals surface area (Å²) in [6.45, 7) is 8.50. The van der Waals surface area contributed by atoms with E-state index in [1.807, 2.05) is 18.2 Å². The summed E-state index contributed by atoms with van der Waals surface area (Å²) < 4.78 is 0. The zero-order valence-corrected chi connectivity index (χ0v) is 11.8. The fourth-order valence-corrected chi connectivity index (χ4v) is 1.85. The standard InChI is InChI=1S/C14H23ClN2/c1-12(2)10-16-8-9-17(3)11-13-6-4-5-7-14(13)15/h4-7,12,16H,8-11H2,1-3H3. The second-order valence-corrected chi connectivity index (χ2v) is 5.33. The van der Waals surface area contributed by atoms with E-state index in [1.54, 1.807) is 0 Å². The molecule has 0 fully saturated rings. The molecule has 1 aromatic carbocycles. The number of hydrogen-bond acceptors (Lipinski definition) is 2. The van der Waals surface area contributed by atoms with Crippen LogP contribution in [0.3, 0.4) is 0 Å². The minimum atomic E-state index is 0.712. The van der Waals surface area contributed by atoms with Crippen LogP contribution in [-0.2, 0) is 6.54 Å². The Bertz CT molecular complexity index is 326. The molecule has 96 valence electrons. The Morgan fingerprint density at radius 1 is 1.29 bits per heavy atom. The third kappa shape index (κ3) is 6.06. The van der Waals surface area contributed by atoms with Crippen LogP contribution >= 0.6 is 11.6 Å². The van der Waals surface area contributed by atoms with E-state index in [0.29, 0.717) is 5.92 Å². The first-order chi connectivity index (χ1) is 8.09. The quantitative estimate of drug-likeness (QED) is 0.753. The zero-order valence-electron chi connectivity index (χ0n) is 11.0. The number of halogens is 1. The molecule has 0 atom stereocenters. The van der Waals surface area contributed by atoms with Gasteiger partial charge in [0, 0.05) is 24.7 Å². The Kier molecular flexibility index (Phi) is 6.56. The Labute approximate surface area is 110 Å². The summed E-state index contributed by atoms with van der Waals surface area (Å²) in [5.41, 5.74) is 1.19. The van der Waals surface area contributed by atoms with Crippen molar-refractivity contribution >= 4 is 11.6 Å². The van der Waals surface area contributed by atoms with Crippen LogP contribution in [0, 0.1) is 5.92 Å². The summed E-state index contributed by atoms with van der Waals surface area (Å²) >= 11 is 6.13. The molecule has 0 aliphatic carbocycles. The van der Waals surface area contributed by atoms with Crippen LogP contribution in [0.5, 0.6) is 0 Å². The second-order valence-electron chi connectivity index (χ2n) is 4.93. The summed E-state index contributed by atoms with van der Waals surface area (Å²) in [7, 11) is 2.13. The number of nitrogens with one attached hydrogen (secondary N) is 1. The van der Waals surface area contributed by atoms with Gasteiger partial charge in [-0.1, -0.05) is 43.6 Å². The maximum Gasteiger partial charge on any atom is 0.0451 e. The van der Waals surface area contributed by atoms with Crippen molar-refractivity contribution in [3.8, 4) is 0 Å². The fraction of sp³-hybridized carbons (Fsp3) is 0.571. The Morgan fingerprint density at radius 2 is 2.00 bits per heavy atom. The van der Waals surface area contributed by atoms with Gasteiger partial charge in [-0.05, 0) is 31.1 Å². The molecular weight excluding hydrogens is 232 g/mol. The fourth-order valence-electron chi connectivity index (χ4n) is 1.66. The van der Waals surface area contributed by atoms with Crippen molar-refractivity contribution in [2.75, 3.05) is 26.7 Å². The Morgan fingerprint density at radius 3 is 2.65 bits per heavy atom. The zero-order chi connectivity index (χ0) is 12.7. The molecule has 0 heterocycles. The predicted octanol–water partition coefficient (Wildman–Crippen LogP) is 3.02. The van der Waals surface area contributed by atoms with Crippen molar-refractivity contribution in [1.82, 2.24) is 10.2 Å². The largest absolute Gasteiger partial charge is 0.315 e. The van der Waals surface area contributed by atoms with E-state index >= 15 is 0 Å². The van der Waals surface area contributed by atoms with Gasteiger partial charge in [0.15, 0.2) is 0 Å². The van der Waals surface area contributed by atoms with E-state index in [4.69, 9.17) is 11.6 Å². The van der Waals surface area contributed by atoms with Gasteiger partial charge < -0.3 is 10.2 Å². The molecule has 17 heavy (non-hydrogen) atoms. The van der Waals surface area contributed by atoms with Crippen molar-refractivity contribution in [1.29, 1.82) is 0 Å². The van der Waals surface area contributed by atoms with Gasteiger partial charge in [-0.2, -0.15) is 0 Å². The van der Waals surface area contributed by atoms with Crippen molar-refractivity contribution in [3.05, 3.63) is 34.9 Å². The lowest BCUT2D eigenvalue weighted by atomic mass is 10.2. The summed E-state index contributed by atoms with van der Waals surface area (Å²) in [5.74, 6) is 0.712. The van der Waals surface area contributed by atoms with Crippen LogP contribution in [0.15, 0.2) is 24.3 Å². The number of hydrogen-bond donors (Lipinski definition) is 1. The van der Waals surface area contributed by atoms with E-state index in [0.717, 1.165) is 31.2 Å². The molecule has 0 saturated heterocycles. The number of rotatable bonds is 7. The molecule has 1 rings (SSSR count). The maximum atomic E-state index is 6.13. The molecule has 0 bridgehead atoms. The molecule has 0 spiro atoms. The highest BCUT2D eigenvalue weighted by molar-refractivity contribution is 6.31. The molecule has 2 nitrogen and oxygen atoms in total. The summed E-state index contributed by atoms with van der Waals surface area (Å²) in [6, 6.07) is 8.03. The molecular formula is C14H23ClN2. The highest BCUT2D eigenvalue weighted by Crippen LogP contribution is 2.16. The molecule has 0 saturated carbocycles. The number of benzene rings is 1. The van der Waals surface area contributed by atoms with E-state index in [2.05, 4.69) is 37.2 Å². The highest BCUT2D eigenvalue weighted by Gasteiger charge is 2.03. The maximum absolute atomic E-state index is 6.13. The van der Waals surface area contributed by atoms with Crippen LogP contribution in [0.2, 0.25) is 5.02 Å². The summed E-state index contributed by atoms with van der Waals surface area (Å²) in [6.07, 6.45) is 0. The normalized spacial score (nSPS) is 11.4. The molecule has 0 unspecified atom stereocenters. The van der Waals surface area contributed by atoms with Crippen molar-refractivity contribution in [2.45, 2.75) is 20.4 Å². The second kappa shape index (κ2) is 7.70. The molecule has 1 N–H and O–H groups in total. The van der Waals surface area contributed by atoms with Gasteiger partial charge in [0.25, 0.3) is 0 Å². The SMILES string of the molecule is CC(C)CNCCN(C)Cc1ccccc1Cl. The molecule has 0 aliphatic rings. The minimum Gasteiger partial charge on any atom is -0.315 e. The third-order valence-corrected chi connectivity index (χ3v) is 2.99. The summed E-state index contributed by atoms with van der Waals surface area (Å²) in [4.78, 5) is 2.29. The lowest BCUT2D eigenvalue weighted by molar-refractivity contribution is 0.322. The Balaban J connectivity index is 2.25. The lowest BCUT2D eigenvalue weighted by Gasteiger charge is -2.18. The first-order valence-corrected chi connectivity index (χ1v) is 6.60. The number of likely N-dealkylation sites (N-methyl/N-ethyl adjacent to an activating group) is 1.